The van der Waals surface area contributed by atoms with Gasteiger partial charge in [0.05, 0.1) is 6.42 Å². The second kappa shape index (κ2) is 8.15. The van der Waals surface area contributed by atoms with Crippen molar-refractivity contribution < 1.29 is 14.7 Å². The van der Waals surface area contributed by atoms with E-state index in [2.05, 4.69) is 19.2 Å². The Morgan fingerprint density at radius 1 is 1.26 bits per heavy atom. The molecule has 5 heteroatoms. The summed E-state index contributed by atoms with van der Waals surface area (Å²) in [5, 5.41) is 11.6. The summed E-state index contributed by atoms with van der Waals surface area (Å²) in [5.74, 6) is -0.857. The van der Waals surface area contributed by atoms with E-state index in [4.69, 9.17) is 10.8 Å². The lowest BCUT2D eigenvalue weighted by molar-refractivity contribution is -0.138. The highest BCUT2D eigenvalue weighted by atomic mass is 16.4. The largest absolute Gasteiger partial charge is 0.481 e. The van der Waals surface area contributed by atoms with Crippen LogP contribution in [-0.2, 0) is 9.59 Å². The minimum Gasteiger partial charge on any atom is -0.481 e. The van der Waals surface area contributed by atoms with Crippen molar-refractivity contribution in [3.63, 3.8) is 0 Å². The van der Waals surface area contributed by atoms with Gasteiger partial charge < -0.3 is 16.2 Å². The van der Waals surface area contributed by atoms with Crippen LogP contribution < -0.4 is 11.1 Å². The molecule has 19 heavy (non-hydrogen) atoms. The summed E-state index contributed by atoms with van der Waals surface area (Å²) in [7, 11) is 0. The van der Waals surface area contributed by atoms with E-state index in [0.29, 0.717) is 13.0 Å². The number of hydrogen-bond donors (Lipinski definition) is 3. The number of nitrogens with one attached hydrogen (secondary N) is 1. The molecule has 0 aliphatic heterocycles. The number of hydrogen-bond acceptors (Lipinski definition) is 3. The van der Waals surface area contributed by atoms with Crippen LogP contribution in [0.2, 0.25) is 0 Å². The fourth-order valence-corrected chi connectivity index (χ4v) is 1.89. The predicted molar refractivity (Wildman–Crippen MR) is 75.7 cm³/mol. The molecule has 5 nitrogen and oxygen atoms in total. The molecule has 0 heterocycles. The van der Waals surface area contributed by atoms with E-state index in [1.165, 1.54) is 0 Å². The standard InChI is InChI=1S/C14H28N2O3/c1-10(2)11(9-13(18)19)16-12(17)5-6-14(3,4)7-8-15/h10-11H,5-9,15H2,1-4H3,(H,16,17)(H,18,19). The molecule has 1 amide bonds. The van der Waals surface area contributed by atoms with Crippen LogP contribution in [0.15, 0.2) is 0 Å². The van der Waals surface area contributed by atoms with Crippen LogP contribution in [0, 0.1) is 11.3 Å². The van der Waals surface area contributed by atoms with Gasteiger partial charge in [-0.3, -0.25) is 9.59 Å². The van der Waals surface area contributed by atoms with E-state index in [-0.39, 0.29) is 29.7 Å². The molecule has 0 saturated heterocycles. The molecule has 112 valence electrons. The average molecular weight is 272 g/mol. The molecule has 0 saturated carbocycles. The first-order valence-corrected chi connectivity index (χ1v) is 6.89. The van der Waals surface area contributed by atoms with Crippen molar-refractivity contribution in [2.45, 2.75) is 59.4 Å². The summed E-state index contributed by atoms with van der Waals surface area (Å²) in [6, 6.07) is -0.303. The number of rotatable bonds is 9. The van der Waals surface area contributed by atoms with E-state index < -0.39 is 5.97 Å². The smallest absolute Gasteiger partial charge is 0.305 e. The van der Waals surface area contributed by atoms with Gasteiger partial charge in [0.1, 0.15) is 0 Å². The predicted octanol–water partition coefficient (Wildman–Crippen LogP) is 1.76. The molecular formula is C14H28N2O3. The average Bonchev–Trinajstić information content (AvgIpc) is 2.25. The third-order valence-corrected chi connectivity index (χ3v) is 3.40. The first-order valence-electron chi connectivity index (χ1n) is 6.89. The van der Waals surface area contributed by atoms with Crippen molar-refractivity contribution in [1.82, 2.24) is 5.32 Å². The highest BCUT2D eigenvalue weighted by Crippen LogP contribution is 2.25. The monoisotopic (exact) mass is 272 g/mol. The molecule has 0 aliphatic rings. The second-order valence-electron chi connectivity index (χ2n) is 6.22. The van der Waals surface area contributed by atoms with E-state index in [9.17, 15) is 9.59 Å². The van der Waals surface area contributed by atoms with Crippen LogP contribution in [-0.4, -0.2) is 29.6 Å². The van der Waals surface area contributed by atoms with Crippen LogP contribution >= 0.6 is 0 Å². The Hall–Kier alpha value is -1.10. The zero-order valence-electron chi connectivity index (χ0n) is 12.5. The van der Waals surface area contributed by atoms with Gasteiger partial charge in [0, 0.05) is 12.5 Å². The molecule has 1 atom stereocenters. The molecule has 0 fully saturated rings. The first-order chi connectivity index (χ1) is 8.68. The summed E-state index contributed by atoms with van der Waals surface area (Å²) in [6.45, 7) is 8.61. The van der Waals surface area contributed by atoms with E-state index in [1.54, 1.807) is 0 Å². The summed E-state index contributed by atoms with van der Waals surface area (Å²) in [6.07, 6.45) is 2.02. The van der Waals surface area contributed by atoms with E-state index >= 15 is 0 Å². The minimum absolute atomic E-state index is 0.0321. The SMILES string of the molecule is CC(C)C(CC(=O)O)NC(=O)CCC(C)(C)CCN. The van der Waals surface area contributed by atoms with Gasteiger partial charge in [-0.1, -0.05) is 27.7 Å². The Labute approximate surface area is 115 Å². The van der Waals surface area contributed by atoms with Crippen LogP contribution in [0.5, 0.6) is 0 Å². The molecule has 0 spiro atoms. The fourth-order valence-electron chi connectivity index (χ4n) is 1.89. The van der Waals surface area contributed by atoms with Crippen LogP contribution in [0.3, 0.4) is 0 Å². The Morgan fingerprint density at radius 2 is 1.84 bits per heavy atom. The number of carbonyl (C=O) groups is 2. The molecule has 1 unspecified atom stereocenters. The zero-order valence-corrected chi connectivity index (χ0v) is 12.5. The first kappa shape index (κ1) is 17.9. The molecular weight excluding hydrogens is 244 g/mol. The van der Waals surface area contributed by atoms with Gasteiger partial charge in [0.2, 0.25) is 5.91 Å². The fraction of sp³-hybridized carbons (Fsp3) is 0.857. The Kier molecular flexibility index (Phi) is 7.68. The third-order valence-electron chi connectivity index (χ3n) is 3.40. The lowest BCUT2D eigenvalue weighted by Gasteiger charge is -2.25. The summed E-state index contributed by atoms with van der Waals surface area (Å²) in [4.78, 5) is 22.6. The maximum absolute atomic E-state index is 11.9. The van der Waals surface area contributed by atoms with Gasteiger partial charge in [-0.2, -0.15) is 0 Å². The van der Waals surface area contributed by atoms with Gasteiger partial charge in [0.25, 0.3) is 0 Å². The topological polar surface area (TPSA) is 92.4 Å². The maximum atomic E-state index is 11.9. The minimum atomic E-state index is -0.887. The summed E-state index contributed by atoms with van der Waals surface area (Å²) < 4.78 is 0. The molecule has 0 aromatic carbocycles. The molecule has 0 bridgehead atoms. The van der Waals surface area contributed by atoms with Crippen molar-refractivity contribution in [2.24, 2.45) is 17.1 Å². The molecule has 0 aromatic rings. The van der Waals surface area contributed by atoms with Crippen molar-refractivity contribution in [3.8, 4) is 0 Å². The lowest BCUT2D eigenvalue weighted by atomic mass is 9.84. The van der Waals surface area contributed by atoms with Gasteiger partial charge in [0.15, 0.2) is 0 Å². The number of carbonyl (C=O) groups excluding carboxylic acids is 1. The Morgan fingerprint density at radius 3 is 2.26 bits per heavy atom. The highest BCUT2D eigenvalue weighted by molar-refractivity contribution is 5.77. The third kappa shape index (κ3) is 8.59. The van der Waals surface area contributed by atoms with Crippen LogP contribution in [0.4, 0.5) is 0 Å². The maximum Gasteiger partial charge on any atom is 0.305 e. The van der Waals surface area contributed by atoms with Gasteiger partial charge >= 0.3 is 5.97 Å². The molecule has 4 N–H and O–H groups in total. The van der Waals surface area contributed by atoms with E-state index in [1.807, 2.05) is 13.8 Å². The second-order valence-corrected chi connectivity index (χ2v) is 6.22. The van der Waals surface area contributed by atoms with Gasteiger partial charge in [-0.05, 0) is 30.7 Å². The van der Waals surface area contributed by atoms with Crippen LogP contribution in [0.25, 0.3) is 0 Å². The number of amides is 1. The number of carboxylic acids is 1. The Balaban J connectivity index is 4.24. The van der Waals surface area contributed by atoms with Crippen molar-refractivity contribution >= 4 is 11.9 Å². The van der Waals surface area contributed by atoms with Crippen molar-refractivity contribution in [2.75, 3.05) is 6.54 Å². The molecule has 0 aromatic heterocycles. The molecule has 0 rings (SSSR count). The van der Waals surface area contributed by atoms with Crippen LogP contribution in [0.1, 0.15) is 53.4 Å². The Bertz CT molecular complexity index is 301. The van der Waals surface area contributed by atoms with Crippen molar-refractivity contribution in [3.05, 3.63) is 0 Å². The van der Waals surface area contributed by atoms with E-state index in [0.717, 1.165) is 12.8 Å². The highest BCUT2D eigenvalue weighted by Gasteiger charge is 2.22. The summed E-state index contributed by atoms with van der Waals surface area (Å²) >= 11 is 0. The quantitative estimate of drug-likeness (QED) is 0.596. The zero-order chi connectivity index (χ0) is 15.1. The van der Waals surface area contributed by atoms with Gasteiger partial charge in [-0.15, -0.1) is 0 Å². The number of aliphatic carboxylic acids is 1. The molecule has 0 aliphatic carbocycles. The normalized spacial score (nSPS) is 13.4. The lowest BCUT2D eigenvalue weighted by Crippen LogP contribution is -2.40. The van der Waals surface area contributed by atoms with Gasteiger partial charge in [-0.25, -0.2) is 0 Å². The summed E-state index contributed by atoms with van der Waals surface area (Å²) in [5.41, 5.74) is 5.58. The number of nitrogens with two attached hydrogens (primary N) is 1. The molecule has 0 radical (unpaired) electrons. The van der Waals surface area contributed by atoms with Crippen molar-refractivity contribution in [1.29, 1.82) is 0 Å². The number of carboxylic acid groups (broad SMARTS) is 1.